The molecule has 0 aliphatic heterocycles. The molecule has 0 unspecified atom stereocenters. The van der Waals surface area contributed by atoms with Crippen LogP contribution < -0.4 is 5.32 Å². The van der Waals surface area contributed by atoms with Crippen LogP contribution in [0.2, 0.25) is 0 Å². The first-order chi connectivity index (χ1) is 7.56. The van der Waals surface area contributed by atoms with Gasteiger partial charge >= 0.3 is 0 Å². The summed E-state index contributed by atoms with van der Waals surface area (Å²) in [6, 6.07) is 0. The van der Waals surface area contributed by atoms with Crippen molar-refractivity contribution in [3.05, 3.63) is 10.6 Å². The molecule has 4 nitrogen and oxygen atoms in total. The van der Waals surface area contributed by atoms with Gasteiger partial charge in [-0.05, 0) is 24.9 Å². The Balaban J connectivity index is 2.80. The molecule has 1 heterocycles. The van der Waals surface area contributed by atoms with Crippen LogP contribution in [-0.4, -0.2) is 32.8 Å². The molecule has 1 amide bonds. The summed E-state index contributed by atoms with van der Waals surface area (Å²) >= 11 is 12.6. The van der Waals surface area contributed by atoms with Gasteiger partial charge in [-0.1, -0.05) is 11.4 Å². The Bertz CT molecular complexity index is 365. The lowest BCUT2D eigenvalue weighted by Crippen LogP contribution is -2.49. The number of nitrogens with one attached hydrogen (secondary N) is 1. The van der Waals surface area contributed by atoms with Crippen molar-refractivity contribution in [2.24, 2.45) is 0 Å². The molecule has 0 bridgehead atoms. The highest BCUT2D eigenvalue weighted by Gasteiger charge is 2.27. The fourth-order valence-corrected chi connectivity index (χ4v) is 2.11. The molecule has 0 atom stereocenters. The number of rotatable bonds is 5. The third-order valence-corrected chi connectivity index (χ3v) is 4.05. The number of alkyl halides is 2. The first kappa shape index (κ1) is 13.7. The second-order valence-corrected chi connectivity index (χ2v) is 4.97. The van der Waals surface area contributed by atoms with Crippen LogP contribution >= 0.6 is 34.7 Å². The first-order valence-electron chi connectivity index (χ1n) is 4.82. The maximum absolute atomic E-state index is 11.9. The third-order valence-electron chi connectivity index (χ3n) is 2.10. The largest absolute Gasteiger partial charge is 0.344 e. The summed E-state index contributed by atoms with van der Waals surface area (Å²) in [7, 11) is 0. The highest BCUT2D eigenvalue weighted by Crippen LogP contribution is 2.15. The van der Waals surface area contributed by atoms with Gasteiger partial charge in [0.15, 0.2) is 0 Å². The molecule has 0 fully saturated rings. The molecule has 0 aliphatic rings. The summed E-state index contributed by atoms with van der Waals surface area (Å²) in [6.07, 6.45) is 0.678. The van der Waals surface area contributed by atoms with Gasteiger partial charge in [0.2, 0.25) is 0 Å². The quantitative estimate of drug-likeness (QED) is 0.841. The number of aryl methyl sites for hydroxylation is 1. The Morgan fingerprint density at radius 2 is 2.12 bits per heavy atom. The van der Waals surface area contributed by atoms with Gasteiger partial charge in [-0.2, -0.15) is 0 Å². The molecular weight excluding hydrogens is 269 g/mol. The summed E-state index contributed by atoms with van der Waals surface area (Å²) in [6.45, 7) is 3.72. The molecule has 1 N–H and O–H groups in total. The molecule has 0 radical (unpaired) electrons. The summed E-state index contributed by atoms with van der Waals surface area (Å²) in [5, 5.41) is 6.68. The summed E-state index contributed by atoms with van der Waals surface area (Å²) < 4.78 is 3.76. The topological polar surface area (TPSA) is 54.9 Å². The number of hydrogen-bond acceptors (Lipinski definition) is 4. The lowest BCUT2D eigenvalue weighted by molar-refractivity contribution is 0.0924. The minimum absolute atomic E-state index is 0.212. The fraction of sp³-hybridized carbons (Fsp3) is 0.667. The number of aromatic nitrogens is 2. The van der Waals surface area contributed by atoms with Crippen LogP contribution in [-0.2, 0) is 6.42 Å². The van der Waals surface area contributed by atoms with Crippen LogP contribution in [0.1, 0.15) is 29.2 Å². The van der Waals surface area contributed by atoms with E-state index in [1.807, 2.05) is 6.92 Å². The SMILES string of the molecule is CCc1nnsc1C(=O)NC(C)(CCl)CCl. The monoisotopic (exact) mass is 281 g/mol. The van der Waals surface area contributed by atoms with E-state index < -0.39 is 5.54 Å². The Morgan fingerprint density at radius 3 is 2.62 bits per heavy atom. The molecule has 0 saturated carbocycles. The molecule has 0 saturated heterocycles. The van der Waals surface area contributed by atoms with E-state index in [1.165, 1.54) is 0 Å². The predicted molar refractivity (Wildman–Crippen MR) is 66.6 cm³/mol. The number of carbonyl (C=O) groups excluding carboxylic acids is 1. The van der Waals surface area contributed by atoms with Crippen molar-refractivity contribution < 1.29 is 4.79 Å². The van der Waals surface area contributed by atoms with Crippen molar-refractivity contribution in [3.8, 4) is 0 Å². The second-order valence-electron chi connectivity index (χ2n) is 3.68. The Labute approximate surface area is 108 Å². The number of amides is 1. The zero-order valence-corrected chi connectivity index (χ0v) is 11.4. The molecule has 0 aromatic carbocycles. The van der Waals surface area contributed by atoms with E-state index in [9.17, 15) is 4.79 Å². The van der Waals surface area contributed by atoms with Gasteiger partial charge in [-0.25, -0.2) is 0 Å². The number of hydrogen-bond donors (Lipinski definition) is 1. The van der Waals surface area contributed by atoms with Crippen LogP contribution in [0.5, 0.6) is 0 Å². The highest BCUT2D eigenvalue weighted by molar-refractivity contribution is 7.08. The third kappa shape index (κ3) is 3.06. The Hall–Kier alpha value is -0.390. The number of nitrogens with zero attached hydrogens (tertiary/aromatic N) is 2. The number of carbonyl (C=O) groups is 1. The van der Waals surface area contributed by atoms with Crippen molar-refractivity contribution in [1.29, 1.82) is 0 Å². The molecule has 1 aromatic heterocycles. The van der Waals surface area contributed by atoms with Gasteiger partial charge in [0, 0.05) is 11.8 Å². The standard InChI is InChI=1S/C9H13Cl2N3OS/c1-3-6-7(16-14-13-6)8(15)12-9(2,4-10)5-11/h3-5H2,1-2H3,(H,12,15). The van der Waals surface area contributed by atoms with Crippen LogP contribution in [0.4, 0.5) is 0 Å². The van der Waals surface area contributed by atoms with E-state index in [2.05, 4.69) is 14.9 Å². The van der Waals surface area contributed by atoms with Crippen LogP contribution in [0.25, 0.3) is 0 Å². The van der Waals surface area contributed by atoms with Crippen LogP contribution in [0.3, 0.4) is 0 Å². The van der Waals surface area contributed by atoms with Crippen molar-refractivity contribution in [1.82, 2.24) is 14.9 Å². The van der Waals surface area contributed by atoms with Gasteiger partial charge in [0.1, 0.15) is 4.88 Å². The van der Waals surface area contributed by atoms with E-state index in [4.69, 9.17) is 23.2 Å². The highest BCUT2D eigenvalue weighted by atomic mass is 35.5. The van der Waals surface area contributed by atoms with E-state index in [-0.39, 0.29) is 17.7 Å². The maximum Gasteiger partial charge on any atom is 0.265 e. The summed E-state index contributed by atoms with van der Waals surface area (Å²) in [4.78, 5) is 12.5. The predicted octanol–water partition coefficient (Wildman–Crippen LogP) is 2.07. The van der Waals surface area contributed by atoms with E-state index in [0.29, 0.717) is 17.0 Å². The molecule has 1 aromatic rings. The molecule has 0 spiro atoms. The lowest BCUT2D eigenvalue weighted by atomic mass is 10.1. The normalized spacial score (nSPS) is 11.5. The van der Waals surface area contributed by atoms with E-state index >= 15 is 0 Å². The zero-order valence-electron chi connectivity index (χ0n) is 9.09. The van der Waals surface area contributed by atoms with Gasteiger partial charge in [0.25, 0.3) is 5.91 Å². The molecule has 7 heteroatoms. The smallest absolute Gasteiger partial charge is 0.265 e. The van der Waals surface area contributed by atoms with Crippen molar-refractivity contribution in [3.63, 3.8) is 0 Å². The van der Waals surface area contributed by atoms with Gasteiger partial charge < -0.3 is 5.32 Å². The summed E-state index contributed by atoms with van der Waals surface area (Å²) in [5.41, 5.74) is 0.101. The Morgan fingerprint density at radius 1 is 1.50 bits per heavy atom. The molecule has 16 heavy (non-hydrogen) atoms. The van der Waals surface area contributed by atoms with Crippen molar-refractivity contribution in [2.75, 3.05) is 11.8 Å². The average molecular weight is 282 g/mol. The molecule has 90 valence electrons. The molecular formula is C9H13Cl2N3OS. The van der Waals surface area contributed by atoms with Gasteiger partial charge in [-0.3, -0.25) is 4.79 Å². The van der Waals surface area contributed by atoms with Crippen molar-refractivity contribution >= 4 is 40.6 Å². The minimum atomic E-state index is -0.602. The van der Waals surface area contributed by atoms with Crippen LogP contribution in [0, 0.1) is 0 Å². The maximum atomic E-state index is 11.9. The number of halogens is 2. The first-order valence-corrected chi connectivity index (χ1v) is 6.66. The zero-order chi connectivity index (χ0) is 12.2. The van der Waals surface area contributed by atoms with Gasteiger partial charge in [0.05, 0.1) is 11.2 Å². The average Bonchev–Trinajstić information content (AvgIpc) is 2.76. The van der Waals surface area contributed by atoms with Gasteiger partial charge in [-0.15, -0.1) is 28.3 Å². The second kappa shape index (κ2) is 5.80. The fourth-order valence-electron chi connectivity index (χ4n) is 1.05. The molecule has 1 rings (SSSR count). The lowest BCUT2D eigenvalue weighted by Gasteiger charge is -2.25. The van der Waals surface area contributed by atoms with E-state index in [1.54, 1.807) is 6.92 Å². The van der Waals surface area contributed by atoms with E-state index in [0.717, 1.165) is 11.5 Å². The summed E-state index contributed by atoms with van der Waals surface area (Å²) in [5.74, 6) is 0.307. The van der Waals surface area contributed by atoms with Crippen LogP contribution in [0.15, 0.2) is 0 Å². The minimum Gasteiger partial charge on any atom is -0.344 e. The van der Waals surface area contributed by atoms with Crippen molar-refractivity contribution in [2.45, 2.75) is 25.8 Å². The molecule has 0 aliphatic carbocycles. The Kier molecular flexibility index (Phi) is 4.95.